The average Bonchev–Trinajstić information content (AvgIpc) is 2.38. The summed E-state index contributed by atoms with van der Waals surface area (Å²) in [4.78, 5) is 0. The quantitative estimate of drug-likeness (QED) is 0.740. The van der Waals surface area contributed by atoms with Crippen LogP contribution in [-0.2, 0) is 6.54 Å². The Hall–Kier alpha value is -0.540. The molecule has 0 aliphatic heterocycles. The van der Waals surface area contributed by atoms with Gasteiger partial charge in [0.2, 0.25) is 0 Å². The Morgan fingerprint density at radius 3 is 2.40 bits per heavy atom. The summed E-state index contributed by atoms with van der Waals surface area (Å²) in [5.74, 6) is 1.64. The van der Waals surface area contributed by atoms with Crippen LogP contribution in [0.4, 0.5) is 0 Å². The summed E-state index contributed by atoms with van der Waals surface area (Å²) in [7, 11) is 0. The summed E-state index contributed by atoms with van der Waals surface area (Å²) in [5.41, 5.74) is 1.31. The van der Waals surface area contributed by atoms with Gasteiger partial charge in [0.1, 0.15) is 5.75 Å². The number of hydrogen-bond donors (Lipinski definition) is 1. The smallest absolute Gasteiger partial charge is 0.123 e. The van der Waals surface area contributed by atoms with Gasteiger partial charge in [-0.1, -0.05) is 42.6 Å². The van der Waals surface area contributed by atoms with Gasteiger partial charge in [0, 0.05) is 22.1 Å². The van der Waals surface area contributed by atoms with Crippen molar-refractivity contribution in [3.05, 3.63) is 28.2 Å². The van der Waals surface area contributed by atoms with E-state index in [2.05, 4.69) is 68.0 Å². The predicted molar refractivity (Wildman–Crippen MR) is 90.3 cm³/mol. The third-order valence-corrected chi connectivity index (χ3v) is 3.95. The molecule has 0 saturated heterocycles. The summed E-state index contributed by atoms with van der Waals surface area (Å²) in [6, 6.07) is 6.25. The molecule has 0 aromatic heterocycles. The van der Waals surface area contributed by atoms with Crippen LogP contribution in [-0.4, -0.2) is 12.1 Å². The van der Waals surface area contributed by atoms with Crippen LogP contribution in [0.1, 0.15) is 53.0 Å². The van der Waals surface area contributed by atoms with E-state index in [9.17, 15) is 0 Å². The maximum absolute atomic E-state index is 6.04. The van der Waals surface area contributed by atoms with Gasteiger partial charge in [0.05, 0.1) is 6.61 Å². The SMILES string of the molecule is CCC(CC)COc1ccc(Br)cc1CNC(C)(C)C. The van der Waals surface area contributed by atoms with Crippen molar-refractivity contribution in [2.45, 2.75) is 59.5 Å². The molecule has 0 radical (unpaired) electrons. The fourth-order valence-corrected chi connectivity index (χ4v) is 2.33. The molecule has 1 N–H and O–H groups in total. The monoisotopic (exact) mass is 341 g/mol. The highest BCUT2D eigenvalue weighted by Gasteiger charge is 2.12. The van der Waals surface area contributed by atoms with Crippen LogP contribution in [0.2, 0.25) is 0 Å². The van der Waals surface area contributed by atoms with Crippen molar-refractivity contribution in [3.63, 3.8) is 0 Å². The van der Waals surface area contributed by atoms with Gasteiger partial charge < -0.3 is 10.1 Å². The minimum absolute atomic E-state index is 0.106. The lowest BCUT2D eigenvalue weighted by atomic mass is 10.1. The molecule has 2 nitrogen and oxygen atoms in total. The van der Waals surface area contributed by atoms with E-state index in [1.54, 1.807) is 0 Å². The third-order valence-electron chi connectivity index (χ3n) is 3.46. The summed E-state index contributed by atoms with van der Waals surface area (Å²) >= 11 is 3.54. The molecule has 0 spiro atoms. The highest BCUT2D eigenvalue weighted by Crippen LogP contribution is 2.25. The van der Waals surface area contributed by atoms with Crippen molar-refractivity contribution in [3.8, 4) is 5.75 Å². The fourth-order valence-electron chi connectivity index (χ4n) is 1.92. The number of hydrogen-bond acceptors (Lipinski definition) is 2. The van der Waals surface area contributed by atoms with E-state index in [1.807, 2.05) is 6.07 Å². The van der Waals surface area contributed by atoms with Crippen LogP contribution in [0, 0.1) is 5.92 Å². The second kappa shape index (κ2) is 8.04. The predicted octanol–water partition coefficient (Wildman–Crippen LogP) is 5.15. The second-order valence-corrected chi connectivity index (χ2v) is 7.26. The minimum atomic E-state index is 0.106. The van der Waals surface area contributed by atoms with E-state index in [4.69, 9.17) is 4.74 Å². The molecular formula is C17H28BrNO. The van der Waals surface area contributed by atoms with Crippen LogP contribution >= 0.6 is 15.9 Å². The number of ether oxygens (including phenoxy) is 1. The van der Waals surface area contributed by atoms with Crippen LogP contribution in [0.5, 0.6) is 5.75 Å². The molecule has 1 aromatic carbocycles. The standard InChI is InChI=1S/C17H28BrNO/c1-6-13(7-2)12-20-16-9-8-15(18)10-14(16)11-19-17(3,4)5/h8-10,13,19H,6-7,11-12H2,1-5H3. The van der Waals surface area contributed by atoms with Crippen LogP contribution in [0.3, 0.4) is 0 Å². The van der Waals surface area contributed by atoms with Crippen molar-refractivity contribution >= 4 is 15.9 Å². The van der Waals surface area contributed by atoms with Crippen molar-refractivity contribution in [1.29, 1.82) is 0 Å². The first-order chi connectivity index (χ1) is 9.35. The fraction of sp³-hybridized carbons (Fsp3) is 0.647. The first kappa shape index (κ1) is 17.5. The molecule has 1 aromatic rings. The first-order valence-electron chi connectivity index (χ1n) is 7.52. The molecule has 0 saturated carbocycles. The Labute approximate surface area is 132 Å². The van der Waals surface area contributed by atoms with Gasteiger partial charge >= 0.3 is 0 Å². The lowest BCUT2D eigenvalue weighted by Crippen LogP contribution is -2.35. The molecule has 0 heterocycles. The summed E-state index contributed by atoms with van der Waals surface area (Å²) in [5, 5.41) is 3.52. The molecule has 20 heavy (non-hydrogen) atoms. The molecule has 0 bridgehead atoms. The van der Waals surface area contributed by atoms with E-state index >= 15 is 0 Å². The molecular weight excluding hydrogens is 314 g/mol. The van der Waals surface area contributed by atoms with Gasteiger partial charge in [0.15, 0.2) is 0 Å². The van der Waals surface area contributed by atoms with Gasteiger partial charge in [-0.05, 0) is 44.9 Å². The Balaban J connectivity index is 2.74. The Kier molecular flexibility index (Phi) is 7.04. The van der Waals surface area contributed by atoms with Crippen molar-refractivity contribution < 1.29 is 4.74 Å². The number of nitrogens with one attached hydrogen (secondary N) is 1. The number of rotatable bonds is 7. The highest BCUT2D eigenvalue weighted by molar-refractivity contribution is 9.10. The molecule has 0 aliphatic carbocycles. The van der Waals surface area contributed by atoms with Gasteiger partial charge in [-0.25, -0.2) is 0 Å². The molecule has 0 amide bonds. The lowest BCUT2D eigenvalue weighted by Gasteiger charge is -2.22. The van der Waals surface area contributed by atoms with E-state index in [0.717, 1.165) is 23.4 Å². The second-order valence-electron chi connectivity index (χ2n) is 6.35. The van der Waals surface area contributed by atoms with Gasteiger partial charge in [0.25, 0.3) is 0 Å². The molecule has 1 rings (SSSR count). The van der Waals surface area contributed by atoms with Crippen molar-refractivity contribution in [1.82, 2.24) is 5.32 Å². The lowest BCUT2D eigenvalue weighted by molar-refractivity contribution is 0.237. The molecule has 0 fully saturated rings. The molecule has 3 heteroatoms. The Bertz CT molecular complexity index is 408. The van der Waals surface area contributed by atoms with Crippen molar-refractivity contribution in [2.75, 3.05) is 6.61 Å². The molecule has 0 atom stereocenters. The molecule has 0 unspecified atom stereocenters. The third kappa shape index (κ3) is 6.27. The van der Waals surface area contributed by atoms with E-state index in [1.165, 1.54) is 18.4 Å². The van der Waals surface area contributed by atoms with E-state index < -0.39 is 0 Å². The zero-order valence-corrected chi connectivity index (χ0v) is 15.0. The average molecular weight is 342 g/mol. The number of benzene rings is 1. The van der Waals surface area contributed by atoms with Gasteiger partial charge in [-0.2, -0.15) is 0 Å². The topological polar surface area (TPSA) is 21.3 Å². The first-order valence-corrected chi connectivity index (χ1v) is 8.31. The summed E-state index contributed by atoms with van der Waals surface area (Å²) in [6.45, 7) is 12.6. The Morgan fingerprint density at radius 2 is 1.85 bits per heavy atom. The van der Waals surface area contributed by atoms with E-state index in [0.29, 0.717) is 5.92 Å². The molecule has 114 valence electrons. The van der Waals surface area contributed by atoms with Crippen LogP contribution < -0.4 is 10.1 Å². The zero-order chi connectivity index (χ0) is 15.2. The maximum atomic E-state index is 6.04. The zero-order valence-electron chi connectivity index (χ0n) is 13.4. The summed E-state index contributed by atoms with van der Waals surface area (Å²) < 4.78 is 7.14. The maximum Gasteiger partial charge on any atom is 0.123 e. The van der Waals surface area contributed by atoms with Crippen LogP contribution in [0.25, 0.3) is 0 Å². The van der Waals surface area contributed by atoms with E-state index in [-0.39, 0.29) is 5.54 Å². The van der Waals surface area contributed by atoms with Crippen molar-refractivity contribution in [2.24, 2.45) is 5.92 Å². The normalized spacial score (nSPS) is 11.9. The van der Waals surface area contributed by atoms with Gasteiger partial charge in [-0.3, -0.25) is 0 Å². The van der Waals surface area contributed by atoms with Crippen LogP contribution in [0.15, 0.2) is 22.7 Å². The largest absolute Gasteiger partial charge is 0.493 e. The van der Waals surface area contributed by atoms with Gasteiger partial charge in [-0.15, -0.1) is 0 Å². The highest BCUT2D eigenvalue weighted by atomic mass is 79.9. The Morgan fingerprint density at radius 1 is 1.20 bits per heavy atom. The molecule has 0 aliphatic rings. The minimum Gasteiger partial charge on any atom is -0.493 e. The summed E-state index contributed by atoms with van der Waals surface area (Å²) in [6.07, 6.45) is 2.34. The number of halogens is 1.